The summed E-state index contributed by atoms with van der Waals surface area (Å²) in [5.74, 6) is 0.972. The molecule has 0 amide bonds. The largest absolute Gasteiger partial charge is 0.328 e. The zero-order valence-electron chi connectivity index (χ0n) is 11.5. The minimum Gasteiger partial charge on any atom is -0.328 e. The van der Waals surface area contributed by atoms with Crippen molar-refractivity contribution >= 4 is 34.8 Å². The molecule has 1 atom stereocenters. The van der Waals surface area contributed by atoms with Gasteiger partial charge in [-0.3, -0.25) is 4.79 Å². The van der Waals surface area contributed by atoms with Crippen LogP contribution in [-0.4, -0.2) is 26.8 Å². The third-order valence-electron chi connectivity index (χ3n) is 3.84. The quantitative estimate of drug-likeness (QED) is 0.862. The molecule has 5 nitrogen and oxygen atoms in total. The molecule has 2 aliphatic rings. The van der Waals surface area contributed by atoms with E-state index in [1.54, 1.807) is 11.3 Å². The van der Waals surface area contributed by atoms with E-state index >= 15 is 0 Å². The van der Waals surface area contributed by atoms with E-state index < -0.39 is 0 Å². The zero-order valence-corrected chi connectivity index (χ0v) is 13.1. The van der Waals surface area contributed by atoms with Gasteiger partial charge in [0.2, 0.25) is 11.1 Å². The molecule has 108 valence electrons. The number of thiophene rings is 1. The number of hydrogen-bond donors (Lipinski definition) is 1. The van der Waals surface area contributed by atoms with Crippen molar-refractivity contribution in [3.05, 3.63) is 33.7 Å². The number of thioether (sulfide) groups is 1. The Morgan fingerprint density at radius 2 is 2.38 bits per heavy atom. The Morgan fingerprint density at radius 3 is 3.14 bits per heavy atom. The van der Waals surface area contributed by atoms with E-state index in [9.17, 15) is 4.79 Å². The number of carbonyl (C=O) groups is 1. The number of Topliss-reactive ketones (excluding diaryl/α,β-unsaturated/α-hetero) is 1. The number of nitrogens with one attached hydrogen (secondary N) is 1. The fraction of sp³-hybridized carbons (Fsp3) is 0.357. The van der Waals surface area contributed by atoms with Crippen molar-refractivity contribution in [2.75, 3.05) is 11.6 Å². The molecular weight excluding hydrogens is 304 g/mol. The van der Waals surface area contributed by atoms with Gasteiger partial charge in [0.25, 0.3) is 0 Å². The molecule has 1 aliphatic heterocycles. The molecule has 0 unspecified atom stereocenters. The Balaban J connectivity index is 1.91. The van der Waals surface area contributed by atoms with Gasteiger partial charge >= 0.3 is 0 Å². The maximum atomic E-state index is 12.5. The first-order valence-electron chi connectivity index (χ1n) is 6.85. The van der Waals surface area contributed by atoms with Crippen molar-refractivity contribution in [2.24, 2.45) is 0 Å². The molecule has 0 radical (unpaired) electrons. The molecule has 21 heavy (non-hydrogen) atoms. The van der Waals surface area contributed by atoms with Crippen LogP contribution in [0.2, 0.25) is 0 Å². The van der Waals surface area contributed by atoms with Gasteiger partial charge in [-0.2, -0.15) is 4.98 Å². The van der Waals surface area contributed by atoms with Gasteiger partial charge in [-0.05, 0) is 30.5 Å². The first kappa shape index (κ1) is 13.1. The topological polar surface area (TPSA) is 59.8 Å². The monoisotopic (exact) mass is 318 g/mol. The summed E-state index contributed by atoms with van der Waals surface area (Å²) in [6, 6.07) is 3.96. The molecule has 7 heteroatoms. The van der Waals surface area contributed by atoms with Gasteiger partial charge in [-0.1, -0.05) is 17.8 Å². The molecule has 0 fully saturated rings. The summed E-state index contributed by atoms with van der Waals surface area (Å²) in [4.78, 5) is 18.1. The highest BCUT2D eigenvalue weighted by Crippen LogP contribution is 2.41. The standard InChI is InChI=1S/C14H14N4OS2/c1-20-14-16-13-15-8-4-2-5-9(19)11(8)12(18(13)17-14)10-6-3-7-21-10/h3,6-7,12H,2,4-5H2,1H3,(H,15,16,17)/t12-/m0/s1. The van der Waals surface area contributed by atoms with E-state index in [1.165, 1.54) is 11.8 Å². The van der Waals surface area contributed by atoms with Crippen LogP contribution in [0.1, 0.15) is 30.2 Å². The molecule has 0 spiro atoms. The lowest BCUT2D eigenvalue weighted by molar-refractivity contribution is -0.116. The first-order chi connectivity index (χ1) is 10.3. The Morgan fingerprint density at radius 1 is 1.48 bits per heavy atom. The zero-order chi connectivity index (χ0) is 14.4. The summed E-state index contributed by atoms with van der Waals surface area (Å²) in [7, 11) is 0. The van der Waals surface area contributed by atoms with Gasteiger partial charge in [-0.15, -0.1) is 16.4 Å². The molecule has 4 rings (SSSR count). The third kappa shape index (κ3) is 2.03. The predicted octanol–water partition coefficient (Wildman–Crippen LogP) is 3.08. The van der Waals surface area contributed by atoms with Crippen LogP contribution in [0.4, 0.5) is 5.95 Å². The van der Waals surface area contributed by atoms with Gasteiger partial charge in [0, 0.05) is 22.6 Å². The molecule has 2 aromatic rings. The molecule has 1 N–H and O–H groups in total. The van der Waals surface area contributed by atoms with E-state index in [0.29, 0.717) is 6.42 Å². The molecular formula is C14H14N4OS2. The summed E-state index contributed by atoms with van der Waals surface area (Å²) < 4.78 is 1.86. The van der Waals surface area contributed by atoms with Crippen LogP contribution in [0.15, 0.2) is 33.9 Å². The number of nitrogens with zero attached hydrogens (tertiary/aromatic N) is 3. The highest BCUT2D eigenvalue weighted by Gasteiger charge is 2.37. The van der Waals surface area contributed by atoms with Crippen molar-refractivity contribution in [3.63, 3.8) is 0 Å². The minimum absolute atomic E-state index is 0.127. The number of aromatic nitrogens is 3. The van der Waals surface area contributed by atoms with Crippen molar-refractivity contribution in [2.45, 2.75) is 30.5 Å². The van der Waals surface area contributed by atoms with Gasteiger partial charge in [0.15, 0.2) is 5.78 Å². The number of carbonyl (C=O) groups excluding carboxylic acids is 1. The second-order valence-electron chi connectivity index (χ2n) is 5.08. The molecule has 0 saturated carbocycles. The van der Waals surface area contributed by atoms with Crippen molar-refractivity contribution in [1.29, 1.82) is 0 Å². The maximum absolute atomic E-state index is 12.5. The Labute approximate surface area is 130 Å². The Hall–Kier alpha value is -1.60. The van der Waals surface area contributed by atoms with Crippen LogP contribution < -0.4 is 5.32 Å². The van der Waals surface area contributed by atoms with E-state index in [0.717, 1.165) is 40.1 Å². The summed E-state index contributed by atoms with van der Waals surface area (Å²) in [5.41, 5.74) is 1.89. The molecule has 3 heterocycles. The lowest BCUT2D eigenvalue weighted by Gasteiger charge is -2.31. The van der Waals surface area contributed by atoms with Crippen LogP contribution in [0.25, 0.3) is 0 Å². The van der Waals surface area contributed by atoms with Crippen LogP contribution >= 0.6 is 23.1 Å². The average Bonchev–Trinajstić information content (AvgIpc) is 3.14. The van der Waals surface area contributed by atoms with E-state index in [1.807, 2.05) is 22.4 Å². The molecule has 0 bridgehead atoms. The molecule has 0 saturated heterocycles. The average molecular weight is 318 g/mol. The summed E-state index contributed by atoms with van der Waals surface area (Å²) in [6.07, 6.45) is 4.40. The number of ketones is 1. The van der Waals surface area contributed by atoms with Crippen LogP contribution in [0.3, 0.4) is 0 Å². The fourth-order valence-electron chi connectivity index (χ4n) is 2.93. The normalized spacial score (nSPS) is 21.0. The SMILES string of the molecule is CSc1nc2n(n1)[C@@H](c1cccs1)C1=C(CCCC1=O)N2. The number of rotatable bonds is 2. The van der Waals surface area contributed by atoms with Crippen molar-refractivity contribution in [3.8, 4) is 0 Å². The lowest BCUT2D eigenvalue weighted by Crippen LogP contribution is -2.31. The second-order valence-corrected chi connectivity index (χ2v) is 6.83. The summed E-state index contributed by atoms with van der Waals surface area (Å²) >= 11 is 3.17. The number of anilines is 1. The van der Waals surface area contributed by atoms with E-state index in [-0.39, 0.29) is 11.8 Å². The first-order valence-corrected chi connectivity index (χ1v) is 8.95. The Kier molecular flexibility index (Phi) is 3.11. The van der Waals surface area contributed by atoms with E-state index in [2.05, 4.69) is 21.5 Å². The van der Waals surface area contributed by atoms with Gasteiger partial charge in [0.05, 0.1) is 0 Å². The summed E-state index contributed by atoms with van der Waals surface area (Å²) in [5, 5.41) is 10.6. The minimum atomic E-state index is -0.127. The van der Waals surface area contributed by atoms with Crippen molar-refractivity contribution < 1.29 is 4.79 Å². The molecule has 0 aromatic carbocycles. The van der Waals surface area contributed by atoms with Crippen LogP contribution in [0.5, 0.6) is 0 Å². The number of allylic oxidation sites excluding steroid dienone is 2. The van der Waals surface area contributed by atoms with E-state index in [4.69, 9.17) is 0 Å². The maximum Gasteiger partial charge on any atom is 0.227 e. The third-order valence-corrected chi connectivity index (χ3v) is 5.31. The van der Waals surface area contributed by atoms with Crippen molar-refractivity contribution in [1.82, 2.24) is 14.8 Å². The number of hydrogen-bond acceptors (Lipinski definition) is 6. The van der Waals surface area contributed by atoms with Crippen LogP contribution in [0, 0.1) is 0 Å². The summed E-state index contributed by atoms with van der Waals surface area (Å²) in [6.45, 7) is 0. The smallest absolute Gasteiger partial charge is 0.227 e. The highest BCUT2D eigenvalue weighted by molar-refractivity contribution is 7.98. The second kappa shape index (κ2) is 4.99. The van der Waals surface area contributed by atoms with Crippen LogP contribution in [-0.2, 0) is 4.79 Å². The molecule has 1 aliphatic carbocycles. The predicted molar refractivity (Wildman–Crippen MR) is 83.8 cm³/mol. The lowest BCUT2D eigenvalue weighted by atomic mass is 9.88. The number of fused-ring (bicyclic) bond motifs is 1. The van der Waals surface area contributed by atoms with Gasteiger partial charge in [0.1, 0.15) is 6.04 Å². The fourth-order valence-corrected chi connectivity index (χ4v) is 4.10. The van der Waals surface area contributed by atoms with Gasteiger partial charge in [-0.25, -0.2) is 4.68 Å². The highest BCUT2D eigenvalue weighted by atomic mass is 32.2. The molecule has 2 aromatic heterocycles. The Bertz CT molecular complexity index is 732. The van der Waals surface area contributed by atoms with Gasteiger partial charge < -0.3 is 5.32 Å².